The molecule has 0 aliphatic heterocycles. The largest absolute Gasteiger partial charge is 0.378 e. The predicted molar refractivity (Wildman–Crippen MR) is 42.3 cm³/mol. The van der Waals surface area contributed by atoms with Gasteiger partial charge in [0.15, 0.2) is 0 Å². The molecular formula is C7H13N2O2. The molecule has 0 aromatic rings. The first-order valence-corrected chi connectivity index (χ1v) is 3.72. The SMILES string of the molecule is CCCCCN/[C]=C/[N+](=O)[O-]. The Morgan fingerprint density at radius 3 is 2.91 bits per heavy atom. The second-order valence-corrected chi connectivity index (χ2v) is 2.19. The van der Waals surface area contributed by atoms with Crippen LogP contribution in [0.15, 0.2) is 6.20 Å². The Balaban J connectivity index is 3.07. The maximum Gasteiger partial charge on any atom is 0.259 e. The Kier molecular flexibility index (Phi) is 6.37. The van der Waals surface area contributed by atoms with Crippen molar-refractivity contribution >= 4 is 0 Å². The number of nitro groups is 1. The summed E-state index contributed by atoms with van der Waals surface area (Å²) in [5.41, 5.74) is 0. The van der Waals surface area contributed by atoms with E-state index < -0.39 is 4.92 Å². The summed E-state index contributed by atoms with van der Waals surface area (Å²) in [6.45, 7) is 2.87. The van der Waals surface area contributed by atoms with Gasteiger partial charge in [-0.1, -0.05) is 19.8 Å². The third-order valence-electron chi connectivity index (χ3n) is 1.18. The average molecular weight is 157 g/mol. The fourth-order valence-corrected chi connectivity index (χ4v) is 0.634. The van der Waals surface area contributed by atoms with Crippen molar-refractivity contribution in [2.24, 2.45) is 0 Å². The van der Waals surface area contributed by atoms with E-state index in [0.717, 1.165) is 32.0 Å². The standard InChI is InChI=1S/C7H13N2O2/c1-2-3-4-5-8-6-7-9(10)11/h7-8H,2-5H2,1H3. The molecule has 0 heterocycles. The molecule has 0 aliphatic carbocycles. The van der Waals surface area contributed by atoms with Crippen molar-refractivity contribution in [3.63, 3.8) is 0 Å². The summed E-state index contributed by atoms with van der Waals surface area (Å²) in [6.07, 6.45) is 6.49. The monoisotopic (exact) mass is 157 g/mol. The van der Waals surface area contributed by atoms with Crippen molar-refractivity contribution in [2.45, 2.75) is 26.2 Å². The summed E-state index contributed by atoms with van der Waals surface area (Å²) >= 11 is 0. The summed E-state index contributed by atoms with van der Waals surface area (Å²) in [4.78, 5) is 9.20. The first kappa shape index (κ1) is 9.94. The molecule has 63 valence electrons. The van der Waals surface area contributed by atoms with Crippen molar-refractivity contribution < 1.29 is 4.92 Å². The molecule has 1 radical (unpaired) electrons. The van der Waals surface area contributed by atoms with Crippen LogP contribution in [0, 0.1) is 16.3 Å². The van der Waals surface area contributed by atoms with Gasteiger partial charge in [0, 0.05) is 6.54 Å². The van der Waals surface area contributed by atoms with E-state index >= 15 is 0 Å². The van der Waals surface area contributed by atoms with Gasteiger partial charge in [0.05, 0.1) is 4.92 Å². The van der Waals surface area contributed by atoms with Crippen LogP contribution in [-0.2, 0) is 0 Å². The summed E-state index contributed by atoms with van der Waals surface area (Å²) in [5, 5.41) is 12.4. The molecule has 4 nitrogen and oxygen atoms in total. The Labute approximate surface area is 66.4 Å². The molecule has 0 aromatic carbocycles. The Hall–Kier alpha value is -1.06. The normalized spacial score (nSPS) is 10.3. The zero-order valence-corrected chi connectivity index (χ0v) is 6.67. The van der Waals surface area contributed by atoms with Gasteiger partial charge in [0.2, 0.25) is 0 Å². The maximum absolute atomic E-state index is 9.74. The van der Waals surface area contributed by atoms with E-state index in [4.69, 9.17) is 0 Å². The van der Waals surface area contributed by atoms with Crippen LogP contribution in [0.3, 0.4) is 0 Å². The van der Waals surface area contributed by atoms with Crippen molar-refractivity contribution in [3.05, 3.63) is 22.5 Å². The lowest BCUT2D eigenvalue weighted by Gasteiger charge is -1.95. The second kappa shape index (κ2) is 7.05. The van der Waals surface area contributed by atoms with E-state index in [9.17, 15) is 10.1 Å². The van der Waals surface area contributed by atoms with E-state index in [1.807, 2.05) is 0 Å². The van der Waals surface area contributed by atoms with E-state index in [1.165, 1.54) is 0 Å². The van der Waals surface area contributed by atoms with Crippen molar-refractivity contribution in [1.29, 1.82) is 0 Å². The number of nitrogens with zero attached hydrogens (tertiary/aromatic N) is 1. The minimum atomic E-state index is -0.535. The fraction of sp³-hybridized carbons (Fsp3) is 0.714. The number of hydrogen-bond donors (Lipinski definition) is 1. The second-order valence-electron chi connectivity index (χ2n) is 2.19. The summed E-state index contributed by atoms with van der Waals surface area (Å²) in [5.74, 6) is 0. The van der Waals surface area contributed by atoms with Gasteiger partial charge in [-0.3, -0.25) is 10.1 Å². The van der Waals surface area contributed by atoms with Gasteiger partial charge in [-0.2, -0.15) is 0 Å². The molecule has 0 unspecified atom stereocenters. The highest BCUT2D eigenvalue weighted by Gasteiger charge is 1.85. The maximum atomic E-state index is 9.74. The van der Waals surface area contributed by atoms with Crippen LogP contribution < -0.4 is 5.32 Å². The van der Waals surface area contributed by atoms with Crippen LogP contribution in [0.1, 0.15) is 26.2 Å². The zero-order chi connectivity index (χ0) is 8.53. The van der Waals surface area contributed by atoms with Gasteiger partial charge in [0.1, 0.15) is 6.20 Å². The highest BCUT2D eigenvalue weighted by Crippen LogP contribution is 1.90. The minimum Gasteiger partial charge on any atom is -0.378 e. The van der Waals surface area contributed by atoms with Gasteiger partial charge in [-0.25, -0.2) is 0 Å². The molecule has 0 atom stereocenters. The van der Waals surface area contributed by atoms with Gasteiger partial charge in [-0.15, -0.1) is 0 Å². The Morgan fingerprint density at radius 2 is 2.36 bits per heavy atom. The molecule has 0 aromatic heterocycles. The Morgan fingerprint density at radius 1 is 1.64 bits per heavy atom. The molecule has 0 saturated heterocycles. The van der Waals surface area contributed by atoms with Crippen molar-refractivity contribution in [1.82, 2.24) is 5.32 Å². The first-order chi connectivity index (χ1) is 5.27. The predicted octanol–water partition coefficient (Wildman–Crippen LogP) is 1.32. The summed E-state index contributed by atoms with van der Waals surface area (Å²) in [6, 6.07) is 0. The third-order valence-corrected chi connectivity index (χ3v) is 1.18. The van der Waals surface area contributed by atoms with Gasteiger partial charge < -0.3 is 5.32 Å². The van der Waals surface area contributed by atoms with Gasteiger partial charge in [0.25, 0.3) is 6.20 Å². The van der Waals surface area contributed by atoms with Crippen LogP contribution in [0.25, 0.3) is 0 Å². The highest BCUT2D eigenvalue weighted by atomic mass is 16.6. The summed E-state index contributed by atoms with van der Waals surface area (Å²) < 4.78 is 0. The van der Waals surface area contributed by atoms with Crippen LogP contribution in [0.2, 0.25) is 0 Å². The zero-order valence-electron chi connectivity index (χ0n) is 6.67. The molecule has 0 saturated carbocycles. The molecule has 0 rings (SSSR count). The van der Waals surface area contributed by atoms with Crippen LogP contribution >= 0.6 is 0 Å². The molecule has 0 bridgehead atoms. The molecular weight excluding hydrogens is 144 g/mol. The number of unbranched alkanes of at least 4 members (excludes halogenated alkanes) is 2. The summed E-state index contributed by atoms with van der Waals surface area (Å²) in [7, 11) is 0. The molecule has 1 N–H and O–H groups in total. The van der Waals surface area contributed by atoms with Crippen LogP contribution in [0.5, 0.6) is 0 Å². The van der Waals surface area contributed by atoms with Crippen LogP contribution in [0.4, 0.5) is 0 Å². The average Bonchev–Trinajstić information content (AvgIpc) is 1.96. The number of hydrogen-bond acceptors (Lipinski definition) is 3. The smallest absolute Gasteiger partial charge is 0.259 e. The van der Waals surface area contributed by atoms with E-state index in [2.05, 4.69) is 18.4 Å². The van der Waals surface area contributed by atoms with Crippen molar-refractivity contribution in [3.8, 4) is 0 Å². The molecule has 11 heavy (non-hydrogen) atoms. The topological polar surface area (TPSA) is 55.2 Å². The van der Waals surface area contributed by atoms with E-state index in [0.29, 0.717) is 0 Å². The quantitative estimate of drug-likeness (QED) is 0.274. The van der Waals surface area contributed by atoms with Crippen molar-refractivity contribution in [2.75, 3.05) is 6.54 Å². The molecule has 0 fully saturated rings. The highest BCUT2D eigenvalue weighted by molar-refractivity contribution is 4.59. The third kappa shape index (κ3) is 8.94. The van der Waals surface area contributed by atoms with Crippen LogP contribution in [-0.4, -0.2) is 11.5 Å². The molecule has 4 heteroatoms. The molecule has 0 spiro atoms. The minimum absolute atomic E-state index is 0.535. The van der Waals surface area contributed by atoms with Gasteiger partial charge >= 0.3 is 0 Å². The van der Waals surface area contributed by atoms with Gasteiger partial charge in [-0.05, 0) is 6.42 Å². The Bertz CT molecular complexity index is 134. The molecule has 0 amide bonds. The lowest BCUT2D eigenvalue weighted by atomic mass is 10.2. The fourth-order valence-electron chi connectivity index (χ4n) is 0.634. The number of nitrogens with one attached hydrogen (secondary N) is 1. The number of rotatable bonds is 6. The van der Waals surface area contributed by atoms with E-state index in [1.54, 1.807) is 0 Å². The lowest BCUT2D eigenvalue weighted by Crippen LogP contribution is -2.08. The van der Waals surface area contributed by atoms with E-state index in [-0.39, 0.29) is 0 Å². The lowest BCUT2D eigenvalue weighted by molar-refractivity contribution is -0.403. The first-order valence-electron chi connectivity index (χ1n) is 3.72. The molecule has 0 aliphatic rings.